The summed E-state index contributed by atoms with van der Waals surface area (Å²) in [5.74, 6) is -2.95. The van der Waals surface area contributed by atoms with Crippen LogP contribution in [0.4, 0.5) is 8.78 Å². The highest BCUT2D eigenvalue weighted by Gasteiger charge is 2.20. The monoisotopic (exact) mass is 238 g/mol. The highest BCUT2D eigenvalue weighted by Crippen LogP contribution is 2.28. The lowest BCUT2D eigenvalue weighted by atomic mass is 10.0. The van der Waals surface area contributed by atoms with E-state index in [-0.39, 0.29) is 11.3 Å². The first kappa shape index (κ1) is 11.3. The molecule has 2 aromatic rings. The van der Waals surface area contributed by atoms with Gasteiger partial charge in [-0.3, -0.25) is 5.10 Å². The van der Waals surface area contributed by atoms with Crippen molar-refractivity contribution < 1.29 is 18.7 Å². The summed E-state index contributed by atoms with van der Waals surface area (Å²) in [6.07, 6.45) is 1.01. The first-order chi connectivity index (χ1) is 8.00. The largest absolute Gasteiger partial charge is 0.478 e. The van der Waals surface area contributed by atoms with Gasteiger partial charge in [-0.25, -0.2) is 13.6 Å². The molecule has 1 aromatic heterocycles. The van der Waals surface area contributed by atoms with Gasteiger partial charge in [0.15, 0.2) is 0 Å². The van der Waals surface area contributed by atoms with Crippen LogP contribution < -0.4 is 0 Å². The fourth-order valence-corrected chi connectivity index (χ4v) is 1.58. The number of carboxylic acid groups (broad SMARTS) is 1. The molecule has 0 bridgehead atoms. The fraction of sp³-hybridized carbons (Fsp3) is 0.0909. The van der Waals surface area contributed by atoms with E-state index in [9.17, 15) is 13.6 Å². The number of hydrogen-bond donors (Lipinski definition) is 2. The quantitative estimate of drug-likeness (QED) is 0.844. The van der Waals surface area contributed by atoms with E-state index in [4.69, 9.17) is 5.11 Å². The van der Waals surface area contributed by atoms with Crippen LogP contribution in [0.2, 0.25) is 0 Å². The van der Waals surface area contributed by atoms with Crippen LogP contribution in [0, 0.1) is 18.6 Å². The van der Waals surface area contributed by atoms with Crippen molar-refractivity contribution in [3.63, 3.8) is 0 Å². The number of halogens is 2. The lowest BCUT2D eigenvalue weighted by Crippen LogP contribution is -2.00. The normalized spacial score (nSPS) is 10.5. The molecule has 0 aliphatic rings. The van der Waals surface area contributed by atoms with Crippen molar-refractivity contribution >= 4 is 5.97 Å². The third-order valence-corrected chi connectivity index (χ3v) is 2.31. The van der Waals surface area contributed by atoms with E-state index in [0.717, 1.165) is 18.3 Å². The minimum Gasteiger partial charge on any atom is -0.478 e. The molecule has 17 heavy (non-hydrogen) atoms. The Bertz CT molecular complexity index is 570. The Morgan fingerprint density at radius 2 is 1.94 bits per heavy atom. The Hall–Kier alpha value is -2.24. The Morgan fingerprint density at radius 1 is 1.35 bits per heavy atom. The second-order valence-corrected chi connectivity index (χ2v) is 3.57. The molecule has 0 radical (unpaired) electrons. The number of rotatable bonds is 2. The summed E-state index contributed by atoms with van der Waals surface area (Å²) in [5.41, 5.74) is -0.440. The van der Waals surface area contributed by atoms with Gasteiger partial charge in [-0.15, -0.1) is 0 Å². The minimum absolute atomic E-state index is 0.174. The van der Waals surface area contributed by atoms with Gasteiger partial charge in [0.2, 0.25) is 0 Å². The van der Waals surface area contributed by atoms with E-state index < -0.39 is 23.2 Å². The first-order valence-corrected chi connectivity index (χ1v) is 4.73. The topological polar surface area (TPSA) is 66.0 Å². The van der Waals surface area contributed by atoms with Gasteiger partial charge in [0, 0.05) is 0 Å². The van der Waals surface area contributed by atoms with Gasteiger partial charge >= 0.3 is 5.97 Å². The number of aromatic amines is 1. The minimum atomic E-state index is -1.30. The van der Waals surface area contributed by atoms with E-state index in [1.54, 1.807) is 6.92 Å². The van der Waals surface area contributed by atoms with Crippen LogP contribution in [0.15, 0.2) is 18.3 Å². The van der Waals surface area contributed by atoms with E-state index >= 15 is 0 Å². The number of aromatic carboxylic acids is 1. The molecule has 0 atom stereocenters. The highest BCUT2D eigenvalue weighted by atomic mass is 19.1. The second-order valence-electron chi connectivity index (χ2n) is 3.57. The van der Waals surface area contributed by atoms with Gasteiger partial charge in [0.1, 0.15) is 17.2 Å². The van der Waals surface area contributed by atoms with Crippen LogP contribution in [0.5, 0.6) is 0 Å². The zero-order valence-electron chi connectivity index (χ0n) is 8.79. The number of hydrogen-bond acceptors (Lipinski definition) is 2. The first-order valence-electron chi connectivity index (χ1n) is 4.73. The molecule has 0 saturated carbocycles. The van der Waals surface area contributed by atoms with Crippen molar-refractivity contribution in [3.05, 3.63) is 41.1 Å². The lowest BCUT2D eigenvalue weighted by Gasteiger charge is -2.05. The van der Waals surface area contributed by atoms with Crippen molar-refractivity contribution in [3.8, 4) is 11.3 Å². The third-order valence-electron chi connectivity index (χ3n) is 2.31. The predicted molar refractivity (Wildman–Crippen MR) is 55.6 cm³/mol. The molecule has 1 heterocycles. The van der Waals surface area contributed by atoms with Crippen LogP contribution in [0.1, 0.15) is 15.9 Å². The van der Waals surface area contributed by atoms with Gasteiger partial charge < -0.3 is 5.11 Å². The van der Waals surface area contributed by atoms with Gasteiger partial charge in [-0.1, -0.05) is 0 Å². The molecule has 0 spiro atoms. The molecular formula is C11H8F2N2O2. The summed E-state index contributed by atoms with van der Waals surface area (Å²) in [5, 5.41) is 14.6. The molecule has 2 N–H and O–H groups in total. The number of carbonyl (C=O) groups is 1. The molecule has 6 heteroatoms. The van der Waals surface area contributed by atoms with E-state index in [1.807, 2.05) is 0 Å². The average Bonchev–Trinajstić information content (AvgIpc) is 2.64. The van der Waals surface area contributed by atoms with E-state index in [2.05, 4.69) is 10.2 Å². The number of benzene rings is 1. The van der Waals surface area contributed by atoms with E-state index in [0.29, 0.717) is 5.56 Å². The number of aryl methyl sites for hydroxylation is 1. The zero-order valence-corrected chi connectivity index (χ0v) is 8.79. The Balaban J connectivity index is 2.69. The fourth-order valence-electron chi connectivity index (χ4n) is 1.58. The van der Waals surface area contributed by atoms with Gasteiger partial charge in [-0.05, 0) is 24.6 Å². The molecule has 2 rings (SSSR count). The Labute approximate surface area is 94.9 Å². The van der Waals surface area contributed by atoms with Crippen molar-refractivity contribution in [2.75, 3.05) is 0 Å². The molecule has 0 aliphatic heterocycles. The predicted octanol–water partition coefficient (Wildman–Crippen LogP) is 2.36. The van der Waals surface area contributed by atoms with Crippen LogP contribution in [0.3, 0.4) is 0 Å². The van der Waals surface area contributed by atoms with Crippen molar-refractivity contribution in [2.45, 2.75) is 6.92 Å². The van der Waals surface area contributed by atoms with Crippen LogP contribution >= 0.6 is 0 Å². The van der Waals surface area contributed by atoms with Gasteiger partial charge in [0.05, 0.1) is 17.5 Å². The molecule has 0 saturated heterocycles. The smallest absolute Gasteiger partial charge is 0.339 e. The Kier molecular flexibility index (Phi) is 2.63. The molecular weight excluding hydrogens is 230 g/mol. The molecule has 1 aromatic carbocycles. The van der Waals surface area contributed by atoms with Crippen molar-refractivity contribution in [1.29, 1.82) is 0 Å². The van der Waals surface area contributed by atoms with E-state index in [1.165, 1.54) is 0 Å². The maximum Gasteiger partial charge on any atom is 0.339 e. The number of carboxylic acids is 1. The summed E-state index contributed by atoms with van der Waals surface area (Å²) < 4.78 is 27.3. The summed E-state index contributed by atoms with van der Waals surface area (Å²) in [7, 11) is 0. The van der Waals surface area contributed by atoms with Crippen LogP contribution in [-0.2, 0) is 0 Å². The van der Waals surface area contributed by atoms with Crippen LogP contribution in [-0.4, -0.2) is 21.3 Å². The Morgan fingerprint density at radius 3 is 2.47 bits per heavy atom. The summed E-state index contributed by atoms with van der Waals surface area (Å²) >= 11 is 0. The standard InChI is InChI=1S/C11H8F2N2O2/c1-5-2-7(12)9(8(13)3-5)10-6(11(16)17)4-14-15-10/h2-4H,1H3,(H,14,15)(H,16,17). The molecule has 0 amide bonds. The summed E-state index contributed by atoms with van der Waals surface area (Å²) in [4.78, 5) is 10.8. The number of nitrogens with one attached hydrogen (secondary N) is 1. The maximum atomic E-state index is 13.6. The lowest BCUT2D eigenvalue weighted by molar-refractivity contribution is 0.0698. The SMILES string of the molecule is Cc1cc(F)c(-c2[nH]ncc2C(=O)O)c(F)c1. The summed E-state index contributed by atoms with van der Waals surface area (Å²) in [6.45, 7) is 1.54. The molecule has 0 unspecified atom stereocenters. The average molecular weight is 238 g/mol. The number of nitrogens with zero attached hydrogens (tertiary/aromatic N) is 1. The molecule has 0 fully saturated rings. The highest BCUT2D eigenvalue weighted by molar-refractivity contribution is 5.94. The number of aromatic nitrogens is 2. The summed E-state index contributed by atoms with van der Waals surface area (Å²) in [6, 6.07) is 2.26. The molecule has 88 valence electrons. The maximum absolute atomic E-state index is 13.6. The van der Waals surface area contributed by atoms with Crippen molar-refractivity contribution in [1.82, 2.24) is 10.2 Å². The zero-order chi connectivity index (χ0) is 12.6. The van der Waals surface area contributed by atoms with Crippen LogP contribution in [0.25, 0.3) is 11.3 Å². The van der Waals surface area contributed by atoms with Crippen molar-refractivity contribution in [2.24, 2.45) is 0 Å². The van der Waals surface area contributed by atoms with Gasteiger partial charge in [-0.2, -0.15) is 5.10 Å². The van der Waals surface area contributed by atoms with Gasteiger partial charge in [0.25, 0.3) is 0 Å². The second kappa shape index (κ2) is 3.97. The molecule has 0 aliphatic carbocycles. The third kappa shape index (κ3) is 1.89. The number of H-pyrrole nitrogens is 1. The molecule has 4 nitrogen and oxygen atoms in total.